The van der Waals surface area contributed by atoms with E-state index in [1.165, 1.54) is 0 Å². The van der Waals surface area contributed by atoms with Crippen molar-refractivity contribution in [3.8, 4) is 0 Å². The summed E-state index contributed by atoms with van der Waals surface area (Å²) in [5.74, 6) is -0.0944. The second-order valence-electron chi connectivity index (χ2n) is 4.74. The number of amides is 2. The van der Waals surface area contributed by atoms with Crippen LogP contribution in [0, 0.1) is 0 Å². The molecule has 1 saturated heterocycles. The Kier molecular flexibility index (Phi) is 4.87. The van der Waals surface area contributed by atoms with E-state index in [0.29, 0.717) is 12.0 Å². The van der Waals surface area contributed by atoms with Crippen molar-refractivity contribution in [1.29, 1.82) is 0 Å². The monoisotopic (exact) mass is 273 g/mol. The van der Waals surface area contributed by atoms with Crippen LogP contribution in [0.25, 0.3) is 0 Å². The highest BCUT2D eigenvalue weighted by Gasteiger charge is 2.21. The first-order valence-electron chi connectivity index (χ1n) is 6.94. The highest BCUT2D eigenvalue weighted by atomic mass is 16.2. The first kappa shape index (κ1) is 14.2. The lowest BCUT2D eigenvalue weighted by Crippen LogP contribution is -2.24. The lowest BCUT2D eigenvalue weighted by atomic mass is 10.2. The van der Waals surface area contributed by atoms with Gasteiger partial charge in [-0.05, 0) is 37.1 Å². The SMILES string of the molecule is CCCC=NNC(=O)c1ccc(N2CCCC2=O)cc1. The number of benzene rings is 1. The Hall–Kier alpha value is -2.17. The van der Waals surface area contributed by atoms with E-state index in [-0.39, 0.29) is 11.8 Å². The fraction of sp³-hybridized carbons (Fsp3) is 0.400. The number of anilines is 1. The van der Waals surface area contributed by atoms with Crippen LogP contribution in [0.4, 0.5) is 5.69 Å². The van der Waals surface area contributed by atoms with Crippen molar-refractivity contribution in [2.75, 3.05) is 11.4 Å². The fourth-order valence-electron chi connectivity index (χ4n) is 2.08. The maximum absolute atomic E-state index is 11.8. The number of hydrazone groups is 1. The summed E-state index contributed by atoms with van der Waals surface area (Å²) in [6.45, 7) is 2.80. The molecule has 0 saturated carbocycles. The van der Waals surface area contributed by atoms with Crippen molar-refractivity contribution in [1.82, 2.24) is 5.43 Å². The normalized spacial score (nSPS) is 15.1. The van der Waals surface area contributed by atoms with Crippen LogP contribution in [-0.2, 0) is 4.79 Å². The van der Waals surface area contributed by atoms with Crippen LogP contribution in [0.1, 0.15) is 43.0 Å². The summed E-state index contributed by atoms with van der Waals surface area (Å²) in [5, 5.41) is 3.86. The number of nitrogens with zero attached hydrogens (tertiary/aromatic N) is 2. The molecule has 1 fully saturated rings. The smallest absolute Gasteiger partial charge is 0.271 e. The lowest BCUT2D eigenvalue weighted by molar-refractivity contribution is -0.117. The summed E-state index contributed by atoms with van der Waals surface area (Å²) < 4.78 is 0. The lowest BCUT2D eigenvalue weighted by Gasteiger charge is -2.15. The van der Waals surface area contributed by atoms with E-state index < -0.39 is 0 Å². The Morgan fingerprint density at radius 1 is 1.40 bits per heavy atom. The Morgan fingerprint density at radius 2 is 2.15 bits per heavy atom. The molecule has 106 valence electrons. The van der Waals surface area contributed by atoms with Crippen molar-refractivity contribution in [3.05, 3.63) is 29.8 Å². The number of unbranched alkanes of at least 4 members (excludes halogenated alkanes) is 1. The van der Waals surface area contributed by atoms with Gasteiger partial charge in [-0.3, -0.25) is 9.59 Å². The minimum atomic E-state index is -0.239. The Labute approximate surface area is 118 Å². The number of nitrogens with one attached hydrogen (secondary N) is 1. The molecular formula is C15H19N3O2. The van der Waals surface area contributed by atoms with Gasteiger partial charge in [0, 0.05) is 30.4 Å². The van der Waals surface area contributed by atoms with E-state index in [9.17, 15) is 9.59 Å². The molecule has 0 radical (unpaired) electrons. The highest BCUT2D eigenvalue weighted by molar-refractivity contribution is 5.97. The molecule has 1 N–H and O–H groups in total. The molecule has 1 aliphatic heterocycles. The predicted octanol–water partition coefficient (Wildman–Crippen LogP) is 2.33. The summed E-state index contributed by atoms with van der Waals surface area (Å²) in [6.07, 6.45) is 5.03. The summed E-state index contributed by atoms with van der Waals surface area (Å²) in [7, 11) is 0. The van der Waals surface area contributed by atoms with E-state index in [0.717, 1.165) is 31.5 Å². The minimum absolute atomic E-state index is 0.145. The number of carbonyl (C=O) groups excluding carboxylic acids is 2. The molecule has 1 heterocycles. The average molecular weight is 273 g/mol. The maximum atomic E-state index is 11.8. The van der Waals surface area contributed by atoms with Gasteiger partial charge in [0.1, 0.15) is 0 Å². The van der Waals surface area contributed by atoms with Gasteiger partial charge in [-0.2, -0.15) is 5.10 Å². The van der Waals surface area contributed by atoms with Gasteiger partial charge in [-0.25, -0.2) is 5.43 Å². The summed E-state index contributed by atoms with van der Waals surface area (Å²) in [4.78, 5) is 25.2. The van der Waals surface area contributed by atoms with Crippen LogP contribution in [0.3, 0.4) is 0 Å². The summed E-state index contributed by atoms with van der Waals surface area (Å²) >= 11 is 0. The molecule has 1 aromatic carbocycles. The maximum Gasteiger partial charge on any atom is 0.271 e. The standard InChI is InChI=1S/C15H19N3O2/c1-2-3-10-16-17-15(20)12-6-8-13(9-7-12)18-11-4-5-14(18)19/h6-10H,2-5,11H2,1H3,(H,17,20). The third-order valence-corrected chi connectivity index (χ3v) is 3.19. The van der Waals surface area contributed by atoms with E-state index in [1.54, 1.807) is 35.4 Å². The Bertz CT molecular complexity index is 508. The minimum Gasteiger partial charge on any atom is -0.312 e. The molecule has 1 aliphatic rings. The van der Waals surface area contributed by atoms with Crippen LogP contribution < -0.4 is 10.3 Å². The van der Waals surface area contributed by atoms with Gasteiger partial charge in [0.2, 0.25) is 5.91 Å². The zero-order valence-electron chi connectivity index (χ0n) is 11.6. The first-order chi connectivity index (χ1) is 9.72. The molecule has 20 heavy (non-hydrogen) atoms. The quantitative estimate of drug-likeness (QED) is 0.661. The van der Waals surface area contributed by atoms with Crippen molar-refractivity contribution < 1.29 is 9.59 Å². The molecule has 0 spiro atoms. The molecule has 0 aliphatic carbocycles. The van der Waals surface area contributed by atoms with Crippen LogP contribution >= 0.6 is 0 Å². The number of rotatable bonds is 5. The Balaban J connectivity index is 1.97. The molecule has 2 amide bonds. The predicted molar refractivity (Wildman–Crippen MR) is 78.9 cm³/mol. The van der Waals surface area contributed by atoms with E-state index >= 15 is 0 Å². The average Bonchev–Trinajstić information content (AvgIpc) is 2.90. The molecule has 0 atom stereocenters. The largest absolute Gasteiger partial charge is 0.312 e. The second kappa shape index (κ2) is 6.84. The molecular weight excluding hydrogens is 254 g/mol. The van der Waals surface area contributed by atoms with Crippen molar-refractivity contribution in [2.24, 2.45) is 5.10 Å². The van der Waals surface area contributed by atoms with Gasteiger partial charge in [0.15, 0.2) is 0 Å². The molecule has 5 heteroatoms. The zero-order valence-corrected chi connectivity index (χ0v) is 11.6. The molecule has 2 rings (SSSR count). The van der Waals surface area contributed by atoms with Crippen LogP contribution in [-0.4, -0.2) is 24.6 Å². The summed E-state index contributed by atoms with van der Waals surface area (Å²) in [6, 6.07) is 7.03. The van der Waals surface area contributed by atoms with Gasteiger partial charge >= 0.3 is 0 Å². The molecule has 0 aromatic heterocycles. The molecule has 5 nitrogen and oxygen atoms in total. The zero-order chi connectivity index (χ0) is 14.4. The Morgan fingerprint density at radius 3 is 2.75 bits per heavy atom. The van der Waals surface area contributed by atoms with Gasteiger partial charge in [0.05, 0.1) is 0 Å². The third kappa shape index (κ3) is 3.44. The topological polar surface area (TPSA) is 61.8 Å². The fourth-order valence-corrected chi connectivity index (χ4v) is 2.08. The number of hydrogen-bond donors (Lipinski definition) is 1. The van der Waals surface area contributed by atoms with Crippen LogP contribution in [0.2, 0.25) is 0 Å². The number of carbonyl (C=O) groups is 2. The van der Waals surface area contributed by atoms with E-state index in [4.69, 9.17) is 0 Å². The number of hydrogen-bond acceptors (Lipinski definition) is 3. The van der Waals surface area contributed by atoms with Gasteiger partial charge in [-0.15, -0.1) is 0 Å². The van der Waals surface area contributed by atoms with Crippen molar-refractivity contribution in [3.63, 3.8) is 0 Å². The molecule has 0 unspecified atom stereocenters. The van der Waals surface area contributed by atoms with Gasteiger partial charge < -0.3 is 4.90 Å². The van der Waals surface area contributed by atoms with Crippen molar-refractivity contribution >= 4 is 23.7 Å². The third-order valence-electron chi connectivity index (χ3n) is 3.19. The van der Waals surface area contributed by atoms with Gasteiger partial charge in [0.25, 0.3) is 5.91 Å². The van der Waals surface area contributed by atoms with E-state index in [2.05, 4.69) is 10.5 Å². The first-order valence-corrected chi connectivity index (χ1v) is 6.94. The second-order valence-corrected chi connectivity index (χ2v) is 4.74. The van der Waals surface area contributed by atoms with Crippen LogP contribution in [0.5, 0.6) is 0 Å². The van der Waals surface area contributed by atoms with Crippen LogP contribution in [0.15, 0.2) is 29.4 Å². The van der Waals surface area contributed by atoms with E-state index in [1.807, 2.05) is 6.92 Å². The summed E-state index contributed by atoms with van der Waals surface area (Å²) in [5.41, 5.74) is 3.86. The van der Waals surface area contributed by atoms with Crippen molar-refractivity contribution in [2.45, 2.75) is 32.6 Å². The molecule has 0 bridgehead atoms. The highest BCUT2D eigenvalue weighted by Crippen LogP contribution is 2.21. The van der Waals surface area contributed by atoms with Gasteiger partial charge in [-0.1, -0.05) is 13.3 Å². The molecule has 1 aromatic rings.